The van der Waals surface area contributed by atoms with E-state index in [1.807, 2.05) is 41.8 Å². The number of hydrogen-bond acceptors (Lipinski definition) is 5. The van der Waals surface area contributed by atoms with Crippen LogP contribution in [0.3, 0.4) is 0 Å². The predicted octanol–water partition coefficient (Wildman–Crippen LogP) is 6.57. The van der Waals surface area contributed by atoms with E-state index in [4.69, 9.17) is 38.9 Å². The Balaban J connectivity index is 1.41. The fourth-order valence-corrected chi connectivity index (χ4v) is 6.45. The number of piperidine rings is 1. The van der Waals surface area contributed by atoms with Crippen LogP contribution in [-0.4, -0.2) is 58.2 Å². The molecule has 1 aliphatic carbocycles. The Morgan fingerprint density at radius 3 is 2.42 bits per heavy atom. The number of amides is 3. The maximum atomic E-state index is 13.9. The third-order valence-corrected chi connectivity index (χ3v) is 8.79. The molecule has 2 aromatic carbocycles. The van der Waals surface area contributed by atoms with Crippen molar-refractivity contribution in [3.8, 4) is 0 Å². The van der Waals surface area contributed by atoms with Crippen molar-refractivity contribution in [2.24, 2.45) is 21.6 Å². The van der Waals surface area contributed by atoms with Gasteiger partial charge >= 0.3 is 6.03 Å². The molecule has 238 valence electrons. The molecule has 5 rings (SSSR count). The topological polar surface area (TPSA) is 142 Å². The fourth-order valence-electron chi connectivity index (χ4n) is 5.90. The van der Waals surface area contributed by atoms with Crippen LogP contribution in [0, 0.1) is 18.7 Å². The average Bonchev–Trinajstić information content (AvgIpc) is 3.33. The van der Waals surface area contributed by atoms with Gasteiger partial charge in [0, 0.05) is 36.8 Å². The molecule has 45 heavy (non-hydrogen) atoms. The summed E-state index contributed by atoms with van der Waals surface area (Å²) < 4.78 is 15.8. The van der Waals surface area contributed by atoms with Gasteiger partial charge in [-0.2, -0.15) is 4.99 Å². The van der Waals surface area contributed by atoms with Crippen molar-refractivity contribution in [1.29, 1.82) is 0 Å². The van der Waals surface area contributed by atoms with Crippen molar-refractivity contribution in [2.75, 3.05) is 23.7 Å². The molecule has 0 radical (unpaired) electrons. The highest BCUT2D eigenvalue weighted by atomic mass is 35.5. The van der Waals surface area contributed by atoms with Crippen LogP contribution in [0.5, 0.6) is 0 Å². The maximum absolute atomic E-state index is 13.9. The summed E-state index contributed by atoms with van der Waals surface area (Å²) in [6.07, 6.45) is 4.16. The summed E-state index contributed by atoms with van der Waals surface area (Å²) in [6, 6.07) is 11.3. The molecular weight excluding hydrogens is 620 g/mol. The molecule has 0 unspecified atom stereocenters. The highest BCUT2D eigenvalue weighted by Gasteiger charge is 2.31. The summed E-state index contributed by atoms with van der Waals surface area (Å²) in [7, 11) is 0. The standard InChI is InChI=1S/C31H36Cl2FN9O2/c1-18-28(41-29(36-2)38-22-9-6-14-42(17-22)31(45)39-21-7-4-3-5-8-21)43(23-12-10-19(11-13-23)27(35)44)30(37-18)40-26-24(32)15-20(34)16-25(26)33/h3-5,7-8,15-16,19,22-23H,2,6,9-14,17H2,1H3,(H2,35,44)(H,37,40)(H,38,41)(H,39,45)/t19-,22-,23+/m1/s1. The maximum Gasteiger partial charge on any atom is 0.321 e. The largest absolute Gasteiger partial charge is 0.369 e. The zero-order chi connectivity index (χ0) is 32.1. The molecular formula is C31H36Cl2FN9O2. The highest BCUT2D eigenvalue weighted by molar-refractivity contribution is 6.39. The first kappa shape index (κ1) is 32.2. The number of nitrogens with one attached hydrogen (secondary N) is 3. The number of aryl methyl sites for hydroxylation is 1. The Bertz CT molecular complexity index is 1570. The van der Waals surface area contributed by atoms with Crippen LogP contribution in [0.15, 0.2) is 52.4 Å². The second kappa shape index (κ2) is 14.3. The van der Waals surface area contributed by atoms with Gasteiger partial charge in [0.05, 0.1) is 21.4 Å². The van der Waals surface area contributed by atoms with E-state index in [1.54, 1.807) is 4.90 Å². The number of urea groups is 1. The SMILES string of the molecule is C=N/C(=N\c1c(C)nc(Nc2c(Cl)cc(F)cc2Cl)n1[C@H]1CC[C@@H](C(N)=O)CC1)N[C@@H]1CCCN(C(=O)Nc2ccccc2)C1. The molecule has 3 amide bonds. The Morgan fingerprint density at radius 1 is 1.09 bits per heavy atom. The Kier molecular flexibility index (Phi) is 10.2. The van der Waals surface area contributed by atoms with Crippen molar-refractivity contribution in [3.63, 3.8) is 0 Å². The summed E-state index contributed by atoms with van der Waals surface area (Å²) in [5, 5.41) is 9.68. The van der Waals surface area contributed by atoms with Gasteiger partial charge in [0.25, 0.3) is 0 Å². The predicted molar refractivity (Wildman–Crippen MR) is 177 cm³/mol. The minimum atomic E-state index is -0.559. The second-order valence-corrected chi connectivity index (χ2v) is 12.1. The smallest absolute Gasteiger partial charge is 0.321 e. The molecule has 1 aliphatic heterocycles. The van der Waals surface area contributed by atoms with E-state index in [1.165, 1.54) is 12.1 Å². The number of guanidine groups is 1. The summed E-state index contributed by atoms with van der Waals surface area (Å²) in [5.74, 6) is 0.156. The third-order valence-electron chi connectivity index (χ3n) is 8.19. The molecule has 0 bridgehead atoms. The highest BCUT2D eigenvalue weighted by Crippen LogP contribution is 2.41. The molecule has 14 heteroatoms. The van der Waals surface area contributed by atoms with Crippen LogP contribution in [0.2, 0.25) is 10.0 Å². The van der Waals surface area contributed by atoms with Gasteiger partial charge in [-0.15, -0.1) is 0 Å². The number of nitrogens with zero attached hydrogens (tertiary/aromatic N) is 5. The summed E-state index contributed by atoms with van der Waals surface area (Å²) in [5.41, 5.74) is 7.23. The summed E-state index contributed by atoms with van der Waals surface area (Å²) >= 11 is 12.7. The lowest BCUT2D eigenvalue weighted by Gasteiger charge is -2.33. The first-order valence-electron chi connectivity index (χ1n) is 14.9. The minimum absolute atomic E-state index is 0.0843. The Hall–Kier alpha value is -4.16. The number of anilines is 3. The van der Waals surface area contributed by atoms with Crippen molar-refractivity contribution in [1.82, 2.24) is 19.8 Å². The zero-order valence-electron chi connectivity index (χ0n) is 24.9. The van der Waals surface area contributed by atoms with Crippen LogP contribution in [0.25, 0.3) is 0 Å². The van der Waals surface area contributed by atoms with Crippen molar-refractivity contribution in [2.45, 2.75) is 57.5 Å². The fraction of sp³-hybridized carbons (Fsp3) is 0.387. The second-order valence-electron chi connectivity index (χ2n) is 11.3. The van der Waals surface area contributed by atoms with E-state index in [2.05, 4.69) is 27.7 Å². The number of hydrogen-bond donors (Lipinski definition) is 4. The third kappa shape index (κ3) is 7.74. The van der Waals surface area contributed by atoms with Crippen LogP contribution >= 0.6 is 23.2 Å². The van der Waals surface area contributed by atoms with E-state index in [0.717, 1.165) is 18.5 Å². The van der Waals surface area contributed by atoms with E-state index in [9.17, 15) is 14.0 Å². The van der Waals surface area contributed by atoms with Gasteiger partial charge in [-0.25, -0.2) is 19.2 Å². The molecule has 1 aromatic heterocycles. The number of carbonyl (C=O) groups is 2. The molecule has 1 atom stereocenters. The number of imidazole rings is 1. The van der Waals surface area contributed by atoms with Gasteiger partial charge in [0.2, 0.25) is 17.8 Å². The van der Waals surface area contributed by atoms with Crippen molar-refractivity contribution in [3.05, 3.63) is 64.0 Å². The number of nitrogens with two attached hydrogens (primary N) is 1. The average molecular weight is 657 g/mol. The monoisotopic (exact) mass is 655 g/mol. The van der Waals surface area contributed by atoms with E-state index < -0.39 is 5.82 Å². The van der Waals surface area contributed by atoms with Gasteiger partial charge in [0.1, 0.15) is 5.82 Å². The molecule has 0 spiro atoms. The molecule has 2 fully saturated rings. The lowest BCUT2D eigenvalue weighted by atomic mass is 9.85. The summed E-state index contributed by atoms with van der Waals surface area (Å²) in [4.78, 5) is 40.3. The quantitative estimate of drug-likeness (QED) is 0.168. The van der Waals surface area contributed by atoms with Crippen LogP contribution < -0.4 is 21.7 Å². The molecule has 11 nitrogen and oxygen atoms in total. The number of benzene rings is 2. The number of aliphatic imine (C=N–C) groups is 2. The van der Waals surface area contributed by atoms with E-state index >= 15 is 0 Å². The first-order valence-corrected chi connectivity index (χ1v) is 15.6. The number of carbonyl (C=O) groups excluding carboxylic acids is 2. The molecule has 1 saturated heterocycles. The van der Waals surface area contributed by atoms with Crippen LogP contribution in [0.1, 0.15) is 50.3 Å². The van der Waals surface area contributed by atoms with Crippen LogP contribution in [0.4, 0.5) is 32.3 Å². The zero-order valence-corrected chi connectivity index (χ0v) is 26.4. The molecule has 5 N–H and O–H groups in total. The van der Waals surface area contributed by atoms with E-state index in [-0.39, 0.29) is 45.9 Å². The van der Waals surface area contributed by atoms with Crippen LogP contribution in [-0.2, 0) is 4.79 Å². The van der Waals surface area contributed by atoms with Crippen molar-refractivity contribution >= 4 is 71.0 Å². The number of rotatable bonds is 7. The molecule has 1 saturated carbocycles. The van der Waals surface area contributed by atoms with Gasteiger partial charge in [0.15, 0.2) is 5.82 Å². The number of aromatic nitrogens is 2. The normalized spacial score (nSPS) is 20.4. The number of halogens is 3. The Labute approximate surface area is 271 Å². The van der Waals surface area contributed by atoms with Gasteiger partial charge < -0.3 is 26.6 Å². The number of likely N-dealkylation sites (tertiary alicyclic amines) is 1. The van der Waals surface area contributed by atoms with Crippen molar-refractivity contribution < 1.29 is 14.0 Å². The van der Waals surface area contributed by atoms with Gasteiger partial charge in [-0.3, -0.25) is 9.36 Å². The minimum Gasteiger partial charge on any atom is -0.369 e. The number of primary amides is 1. The number of para-hydroxylation sites is 1. The van der Waals surface area contributed by atoms with E-state index in [0.29, 0.717) is 61.9 Å². The molecule has 2 aliphatic rings. The van der Waals surface area contributed by atoms with Gasteiger partial charge in [-0.05, 0) is 76.4 Å². The van der Waals surface area contributed by atoms with Gasteiger partial charge in [-0.1, -0.05) is 41.4 Å². The Morgan fingerprint density at radius 2 is 1.78 bits per heavy atom. The first-order chi connectivity index (χ1) is 21.6. The lowest BCUT2D eigenvalue weighted by molar-refractivity contribution is -0.122. The summed E-state index contributed by atoms with van der Waals surface area (Å²) in [6.45, 7) is 6.64. The lowest BCUT2D eigenvalue weighted by Crippen LogP contribution is -2.50. The molecule has 2 heterocycles. The molecule has 3 aromatic rings.